The van der Waals surface area contributed by atoms with Crippen molar-refractivity contribution >= 4 is 22.8 Å². The lowest BCUT2D eigenvalue weighted by Gasteiger charge is -2.19. The summed E-state index contributed by atoms with van der Waals surface area (Å²) in [5.41, 5.74) is 1.75. The van der Waals surface area contributed by atoms with Crippen LogP contribution in [0.25, 0.3) is 11.3 Å². The molecule has 5 heteroatoms. The van der Waals surface area contributed by atoms with Crippen LogP contribution < -0.4 is 4.90 Å². The van der Waals surface area contributed by atoms with Crippen molar-refractivity contribution in [1.82, 2.24) is 4.98 Å². The molecule has 1 atom stereocenters. The molecule has 0 aliphatic carbocycles. The average Bonchev–Trinajstić information content (AvgIpc) is 3.17. The number of thiazole rings is 1. The maximum atomic E-state index is 11.3. The number of anilines is 1. The van der Waals surface area contributed by atoms with E-state index in [0.717, 1.165) is 48.7 Å². The van der Waals surface area contributed by atoms with E-state index in [1.54, 1.807) is 0 Å². The molecule has 2 heterocycles. The summed E-state index contributed by atoms with van der Waals surface area (Å²) >= 11 is 1.44. The second-order valence-corrected chi connectivity index (χ2v) is 6.22. The lowest BCUT2D eigenvalue weighted by Crippen LogP contribution is -2.28. The summed E-state index contributed by atoms with van der Waals surface area (Å²) in [6.07, 6.45) is 3.40. The summed E-state index contributed by atoms with van der Waals surface area (Å²) in [6, 6.07) is 9.83. The second kappa shape index (κ2) is 6.37. The Balaban J connectivity index is 1.83. The fourth-order valence-electron chi connectivity index (χ4n) is 2.54. The van der Waals surface area contributed by atoms with Crippen molar-refractivity contribution in [1.29, 1.82) is 0 Å². The predicted molar refractivity (Wildman–Crippen MR) is 85.2 cm³/mol. The largest absolute Gasteiger partial charge is 0.376 e. The summed E-state index contributed by atoms with van der Waals surface area (Å²) in [5.74, 6) is 0. The first-order valence-corrected chi connectivity index (χ1v) is 7.93. The molecule has 0 spiro atoms. The Hall–Kier alpha value is -1.72. The number of ether oxygens (including phenoxy) is 1. The first kappa shape index (κ1) is 14.2. The summed E-state index contributed by atoms with van der Waals surface area (Å²) in [7, 11) is 2.00. The minimum absolute atomic E-state index is 0.277. The van der Waals surface area contributed by atoms with Crippen LogP contribution in [0.4, 0.5) is 5.13 Å². The molecule has 4 nitrogen and oxygen atoms in total. The first-order valence-electron chi connectivity index (χ1n) is 7.12. The molecule has 0 amide bonds. The molecule has 0 N–H and O–H groups in total. The third kappa shape index (κ3) is 3.14. The molecule has 110 valence electrons. The van der Waals surface area contributed by atoms with Gasteiger partial charge in [0.05, 0.1) is 16.7 Å². The zero-order valence-electron chi connectivity index (χ0n) is 12.0. The number of aldehydes is 1. The molecule has 0 radical (unpaired) electrons. The molecule has 0 saturated carbocycles. The number of nitrogens with zero attached hydrogens (tertiary/aromatic N) is 2. The third-order valence-electron chi connectivity index (χ3n) is 3.62. The number of hydrogen-bond acceptors (Lipinski definition) is 5. The highest BCUT2D eigenvalue weighted by Crippen LogP contribution is 2.32. The summed E-state index contributed by atoms with van der Waals surface area (Å²) in [6.45, 7) is 1.67. The van der Waals surface area contributed by atoms with Gasteiger partial charge in [0.1, 0.15) is 0 Å². The van der Waals surface area contributed by atoms with Crippen molar-refractivity contribution in [3.8, 4) is 11.3 Å². The standard InChI is InChI=1S/C16H18N2O2S/c1-18(10-13-8-5-9-20-13)16-17-15(14(11-19)21-16)12-6-3-2-4-7-12/h2-4,6-7,11,13H,5,8-10H2,1H3. The van der Waals surface area contributed by atoms with Crippen LogP contribution in [0, 0.1) is 0 Å². The molecule has 0 bridgehead atoms. The maximum Gasteiger partial charge on any atom is 0.186 e. The van der Waals surface area contributed by atoms with E-state index in [0.29, 0.717) is 4.88 Å². The van der Waals surface area contributed by atoms with E-state index in [4.69, 9.17) is 4.74 Å². The van der Waals surface area contributed by atoms with Crippen LogP contribution in [-0.2, 0) is 4.74 Å². The van der Waals surface area contributed by atoms with Crippen molar-refractivity contribution in [2.45, 2.75) is 18.9 Å². The van der Waals surface area contributed by atoms with Crippen LogP contribution >= 0.6 is 11.3 Å². The number of carbonyl (C=O) groups is 1. The maximum absolute atomic E-state index is 11.3. The number of likely N-dealkylation sites (N-methyl/N-ethyl adjacent to an activating group) is 1. The first-order chi connectivity index (χ1) is 10.3. The molecule has 1 aromatic heterocycles. The van der Waals surface area contributed by atoms with Gasteiger partial charge in [-0.05, 0) is 12.8 Å². The van der Waals surface area contributed by atoms with Crippen molar-refractivity contribution < 1.29 is 9.53 Å². The van der Waals surface area contributed by atoms with Crippen LogP contribution in [0.3, 0.4) is 0 Å². The van der Waals surface area contributed by atoms with Gasteiger partial charge in [-0.25, -0.2) is 4.98 Å². The van der Waals surface area contributed by atoms with Gasteiger partial charge in [-0.15, -0.1) is 0 Å². The van der Waals surface area contributed by atoms with E-state index >= 15 is 0 Å². The highest BCUT2D eigenvalue weighted by molar-refractivity contribution is 7.17. The van der Waals surface area contributed by atoms with Crippen molar-refractivity contribution in [2.75, 3.05) is 25.1 Å². The van der Waals surface area contributed by atoms with E-state index < -0.39 is 0 Å². The quantitative estimate of drug-likeness (QED) is 0.795. The van der Waals surface area contributed by atoms with Crippen molar-refractivity contribution in [3.05, 3.63) is 35.2 Å². The second-order valence-electron chi connectivity index (χ2n) is 5.21. The molecular formula is C16H18N2O2S. The van der Waals surface area contributed by atoms with E-state index in [1.807, 2.05) is 37.4 Å². The highest BCUT2D eigenvalue weighted by Gasteiger charge is 2.20. The van der Waals surface area contributed by atoms with Gasteiger partial charge >= 0.3 is 0 Å². The number of rotatable bonds is 5. The van der Waals surface area contributed by atoms with E-state index in [9.17, 15) is 4.79 Å². The summed E-state index contributed by atoms with van der Waals surface area (Å²) in [5, 5.41) is 0.867. The smallest absolute Gasteiger partial charge is 0.186 e. The Morgan fingerprint density at radius 1 is 1.43 bits per heavy atom. The molecule has 1 aromatic carbocycles. The van der Waals surface area contributed by atoms with Crippen LogP contribution in [-0.4, -0.2) is 37.6 Å². The van der Waals surface area contributed by atoms with Crippen LogP contribution in [0.2, 0.25) is 0 Å². The van der Waals surface area contributed by atoms with Gasteiger partial charge in [0.2, 0.25) is 0 Å². The number of aromatic nitrogens is 1. The molecule has 1 aliphatic rings. The monoisotopic (exact) mass is 302 g/mol. The fourth-order valence-corrected chi connectivity index (χ4v) is 3.41. The lowest BCUT2D eigenvalue weighted by atomic mass is 10.1. The van der Waals surface area contributed by atoms with Gasteiger partial charge in [0.25, 0.3) is 0 Å². The zero-order chi connectivity index (χ0) is 14.7. The van der Waals surface area contributed by atoms with Gasteiger partial charge in [-0.3, -0.25) is 4.79 Å². The number of benzene rings is 1. The topological polar surface area (TPSA) is 42.4 Å². The average molecular weight is 302 g/mol. The Kier molecular flexibility index (Phi) is 4.31. The molecule has 21 heavy (non-hydrogen) atoms. The van der Waals surface area contributed by atoms with Crippen LogP contribution in [0.5, 0.6) is 0 Å². The molecule has 2 aromatic rings. The van der Waals surface area contributed by atoms with Gasteiger partial charge in [0.15, 0.2) is 11.4 Å². The van der Waals surface area contributed by atoms with Crippen molar-refractivity contribution in [3.63, 3.8) is 0 Å². The molecule has 1 aliphatic heterocycles. The van der Waals surface area contributed by atoms with Crippen LogP contribution in [0.1, 0.15) is 22.5 Å². The van der Waals surface area contributed by atoms with Crippen LogP contribution in [0.15, 0.2) is 30.3 Å². The SMILES string of the molecule is CN(CC1CCCO1)c1nc(-c2ccccc2)c(C=O)s1. The highest BCUT2D eigenvalue weighted by atomic mass is 32.1. The molecular weight excluding hydrogens is 284 g/mol. The lowest BCUT2D eigenvalue weighted by molar-refractivity contribution is 0.112. The predicted octanol–water partition coefficient (Wildman–Crippen LogP) is 3.24. The van der Waals surface area contributed by atoms with E-state index in [2.05, 4.69) is 9.88 Å². The number of carbonyl (C=O) groups excluding carboxylic acids is 1. The minimum Gasteiger partial charge on any atom is -0.376 e. The Bertz CT molecular complexity index is 606. The van der Waals surface area contributed by atoms with Gasteiger partial charge in [-0.2, -0.15) is 0 Å². The summed E-state index contributed by atoms with van der Waals surface area (Å²) in [4.78, 5) is 18.7. The Morgan fingerprint density at radius 2 is 2.24 bits per heavy atom. The normalized spacial score (nSPS) is 17.9. The van der Waals surface area contributed by atoms with Gasteiger partial charge < -0.3 is 9.64 Å². The molecule has 1 fully saturated rings. The molecule has 3 rings (SSSR count). The Morgan fingerprint density at radius 3 is 2.90 bits per heavy atom. The third-order valence-corrected chi connectivity index (χ3v) is 4.72. The summed E-state index contributed by atoms with van der Waals surface area (Å²) < 4.78 is 5.66. The van der Waals surface area contributed by atoms with Crippen molar-refractivity contribution in [2.24, 2.45) is 0 Å². The molecule has 1 saturated heterocycles. The van der Waals surface area contributed by atoms with E-state index in [1.165, 1.54) is 11.3 Å². The van der Waals surface area contributed by atoms with Gasteiger partial charge in [-0.1, -0.05) is 41.7 Å². The Labute approximate surface area is 128 Å². The van der Waals surface area contributed by atoms with Gasteiger partial charge in [0, 0.05) is 25.8 Å². The van der Waals surface area contributed by atoms with E-state index in [-0.39, 0.29) is 6.10 Å². The fraction of sp³-hybridized carbons (Fsp3) is 0.375. The zero-order valence-corrected chi connectivity index (χ0v) is 12.8. The minimum atomic E-state index is 0.277. The molecule has 1 unspecified atom stereocenters. The number of hydrogen-bond donors (Lipinski definition) is 0.